The molecule has 1 aromatic carbocycles. The topological polar surface area (TPSA) is 37.4 Å². The van der Waals surface area contributed by atoms with Crippen LogP contribution in [0.3, 0.4) is 0 Å². The fourth-order valence-electron chi connectivity index (χ4n) is 5.34. The highest BCUT2D eigenvalue weighted by molar-refractivity contribution is 6.06. The first-order chi connectivity index (χ1) is 10.8. The minimum absolute atomic E-state index is 0.184. The van der Waals surface area contributed by atoms with Crippen LogP contribution in [0.4, 0.5) is 5.69 Å². The molecule has 1 amide bonds. The number of ketones is 1. The van der Waals surface area contributed by atoms with E-state index < -0.39 is 5.41 Å². The molecule has 2 atom stereocenters. The fraction of sp³-hybridized carbons (Fsp3) is 0.600. The standard InChI is InChI=1S/C20H25NO2/c1-18(2)19(3)10-11-20(18,13-16(19)22)17(23)21-12-6-8-14-7-4-5-9-15(14)21/h4-5,7,9H,6,8,10-13H2,1-3H3/t19-,20+/m0/s1. The Labute approximate surface area is 138 Å². The van der Waals surface area contributed by atoms with Gasteiger partial charge in [0.25, 0.3) is 0 Å². The molecule has 0 spiro atoms. The second kappa shape index (κ2) is 4.46. The zero-order valence-corrected chi connectivity index (χ0v) is 14.3. The van der Waals surface area contributed by atoms with Crippen molar-refractivity contribution in [1.29, 1.82) is 0 Å². The summed E-state index contributed by atoms with van der Waals surface area (Å²) in [4.78, 5) is 28.2. The largest absolute Gasteiger partial charge is 0.312 e. The molecule has 1 aromatic rings. The van der Waals surface area contributed by atoms with Gasteiger partial charge in [-0.05, 0) is 42.7 Å². The van der Waals surface area contributed by atoms with E-state index in [1.807, 2.05) is 17.0 Å². The highest BCUT2D eigenvalue weighted by Gasteiger charge is 2.73. The molecule has 3 heteroatoms. The first kappa shape index (κ1) is 14.9. The van der Waals surface area contributed by atoms with Crippen molar-refractivity contribution >= 4 is 17.4 Å². The number of amides is 1. The van der Waals surface area contributed by atoms with Gasteiger partial charge in [0.1, 0.15) is 5.78 Å². The van der Waals surface area contributed by atoms with Crippen LogP contribution in [-0.2, 0) is 16.0 Å². The lowest BCUT2D eigenvalue weighted by atomic mass is 9.64. The molecule has 122 valence electrons. The lowest BCUT2D eigenvalue weighted by Crippen LogP contribution is -2.50. The van der Waals surface area contributed by atoms with Crippen LogP contribution < -0.4 is 4.90 Å². The Morgan fingerprint density at radius 2 is 1.87 bits per heavy atom. The summed E-state index contributed by atoms with van der Waals surface area (Å²) >= 11 is 0. The molecule has 2 fully saturated rings. The van der Waals surface area contributed by atoms with Crippen molar-refractivity contribution in [3.05, 3.63) is 29.8 Å². The van der Waals surface area contributed by atoms with E-state index in [-0.39, 0.29) is 22.5 Å². The molecule has 0 aromatic heterocycles. The summed E-state index contributed by atoms with van der Waals surface area (Å²) in [5, 5.41) is 0. The fourth-order valence-corrected chi connectivity index (χ4v) is 5.34. The van der Waals surface area contributed by atoms with E-state index in [1.165, 1.54) is 5.56 Å². The average Bonchev–Trinajstić information content (AvgIpc) is 2.84. The second-order valence-corrected chi connectivity index (χ2v) is 8.33. The van der Waals surface area contributed by atoms with Gasteiger partial charge in [0, 0.05) is 24.1 Å². The van der Waals surface area contributed by atoms with E-state index in [2.05, 4.69) is 32.9 Å². The Bertz CT molecular complexity index is 707. The molecule has 1 heterocycles. The number of Topliss-reactive ketones (excluding diaryl/α,β-unsaturated/α-hetero) is 1. The summed E-state index contributed by atoms with van der Waals surface area (Å²) in [6.07, 6.45) is 4.16. The summed E-state index contributed by atoms with van der Waals surface area (Å²) in [5.41, 5.74) is 1.20. The van der Waals surface area contributed by atoms with Gasteiger partial charge in [-0.15, -0.1) is 0 Å². The average molecular weight is 311 g/mol. The van der Waals surface area contributed by atoms with Crippen molar-refractivity contribution in [2.24, 2.45) is 16.2 Å². The molecule has 2 bridgehead atoms. The number of benzene rings is 1. The maximum Gasteiger partial charge on any atom is 0.234 e. The highest BCUT2D eigenvalue weighted by atomic mass is 16.2. The van der Waals surface area contributed by atoms with E-state index >= 15 is 0 Å². The monoisotopic (exact) mass is 311 g/mol. The smallest absolute Gasteiger partial charge is 0.234 e. The van der Waals surface area contributed by atoms with E-state index in [0.29, 0.717) is 6.42 Å². The normalized spacial score (nSPS) is 34.6. The predicted octanol–water partition coefficient (Wildman–Crippen LogP) is 3.75. The van der Waals surface area contributed by atoms with Crippen molar-refractivity contribution in [3.63, 3.8) is 0 Å². The van der Waals surface area contributed by atoms with Crippen LogP contribution in [-0.4, -0.2) is 18.2 Å². The summed E-state index contributed by atoms with van der Waals surface area (Å²) in [6, 6.07) is 8.23. The molecule has 0 radical (unpaired) electrons. The van der Waals surface area contributed by atoms with Crippen LogP contribution in [0, 0.1) is 16.2 Å². The summed E-state index contributed by atoms with van der Waals surface area (Å²) in [6.45, 7) is 7.12. The minimum Gasteiger partial charge on any atom is -0.312 e. The maximum atomic E-state index is 13.6. The third-order valence-electron chi connectivity index (χ3n) is 7.47. The number of fused-ring (bicyclic) bond motifs is 3. The molecule has 2 aliphatic carbocycles. The molecule has 0 saturated heterocycles. The van der Waals surface area contributed by atoms with Gasteiger partial charge in [0.15, 0.2) is 0 Å². The Morgan fingerprint density at radius 3 is 2.52 bits per heavy atom. The molecule has 2 saturated carbocycles. The molecule has 3 aliphatic rings. The highest BCUT2D eigenvalue weighted by Crippen LogP contribution is 2.71. The van der Waals surface area contributed by atoms with E-state index in [0.717, 1.165) is 37.9 Å². The second-order valence-electron chi connectivity index (χ2n) is 8.33. The van der Waals surface area contributed by atoms with Crippen LogP contribution in [0.2, 0.25) is 0 Å². The SMILES string of the molecule is CC1(C)[C@]2(C(=O)N3CCCc4ccccc43)CC[C@@]1(C)C(=O)C2. The first-order valence-corrected chi connectivity index (χ1v) is 8.77. The number of hydrogen-bond acceptors (Lipinski definition) is 2. The zero-order valence-electron chi connectivity index (χ0n) is 14.3. The van der Waals surface area contributed by atoms with Gasteiger partial charge >= 0.3 is 0 Å². The lowest BCUT2D eigenvalue weighted by Gasteiger charge is -2.43. The number of carbonyl (C=O) groups excluding carboxylic acids is 2. The van der Waals surface area contributed by atoms with E-state index in [9.17, 15) is 9.59 Å². The number of carbonyl (C=O) groups is 2. The molecular weight excluding hydrogens is 286 g/mol. The third-order valence-corrected chi connectivity index (χ3v) is 7.47. The van der Waals surface area contributed by atoms with Crippen LogP contribution in [0.25, 0.3) is 0 Å². The Morgan fingerprint density at radius 1 is 1.13 bits per heavy atom. The zero-order chi connectivity index (χ0) is 16.5. The van der Waals surface area contributed by atoms with Gasteiger partial charge in [-0.1, -0.05) is 39.0 Å². The van der Waals surface area contributed by atoms with Crippen molar-refractivity contribution in [2.45, 2.75) is 52.9 Å². The van der Waals surface area contributed by atoms with Crippen LogP contribution >= 0.6 is 0 Å². The van der Waals surface area contributed by atoms with Crippen LogP contribution in [0.1, 0.15) is 52.0 Å². The van der Waals surface area contributed by atoms with E-state index in [4.69, 9.17) is 0 Å². The summed E-state index contributed by atoms with van der Waals surface area (Å²) in [5.74, 6) is 0.469. The molecule has 3 nitrogen and oxygen atoms in total. The Kier molecular flexibility index (Phi) is 2.89. The van der Waals surface area contributed by atoms with Crippen LogP contribution in [0.5, 0.6) is 0 Å². The molecule has 0 unspecified atom stereocenters. The summed E-state index contributed by atoms with van der Waals surface area (Å²) < 4.78 is 0. The first-order valence-electron chi connectivity index (χ1n) is 8.77. The van der Waals surface area contributed by atoms with Crippen molar-refractivity contribution in [1.82, 2.24) is 0 Å². The van der Waals surface area contributed by atoms with Gasteiger partial charge in [-0.3, -0.25) is 9.59 Å². The van der Waals surface area contributed by atoms with Gasteiger partial charge < -0.3 is 4.90 Å². The summed E-state index contributed by atoms with van der Waals surface area (Å²) in [7, 11) is 0. The quantitative estimate of drug-likeness (QED) is 0.792. The van der Waals surface area contributed by atoms with E-state index in [1.54, 1.807) is 0 Å². The van der Waals surface area contributed by atoms with Crippen LogP contribution in [0.15, 0.2) is 24.3 Å². The van der Waals surface area contributed by atoms with Gasteiger partial charge in [0.05, 0.1) is 5.41 Å². The lowest BCUT2D eigenvalue weighted by molar-refractivity contribution is -0.134. The van der Waals surface area contributed by atoms with Gasteiger partial charge in [-0.2, -0.15) is 0 Å². The molecular formula is C20H25NO2. The number of aryl methyl sites for hydroxylation is 1. The molecule has 1 aliphatic heterocycles. The van der Waals surface area contributed by atoms with Crippen molar-refractivity contribution in [2.75, 3.05) is 11.4 Å². The minimum atomic E-state index is -0.511. The molecule has 0 N–H and O–H groups in total. The molecule has 4 rings (SSSR count). The van der Waals surface area contributed by atoms with Gasteiger partial charge in [0.2, 0.25) is 5.91 Å². The molecule has 23 heavy (non-hydrogen) atoms. The predicted molar refractivity (Wildman–Crippen MR) is 90.3 cm³/mol. The van der Waals surface area contributed by atoms with Crippen molar-refractivity contribution < 1.29 is 9.59 Å². The maximum absolute atomic E-state index is 13.6. The van der Waals surface area contributed by atoms with Crippen molar-refractivity contribution in [3.8, 4) is 0 Å². The third kappa shape index (κ3) is 1.61. The number of hydrogen-bond donors (Lipinski definition) is 0. The van der Waals surface area contributed by atoms with Gasteiger partial charge in [-0.25, -0.2) is 0 Å². The number of rotatable bonds is 1. The Balaban J connectivity index is 1.78. The number of anilines is 1. The Hall–Kier alpha value is -1.64. The number of nitrogens with zero attached hydrogens (tertiary/aromatic N) is 1. The number of para-hydroxylation sites is 1.